The molecule has 130 valence electrons. The largest absolute Gasteiger partial charge is 0.351 e. The molecule has 2 fully saturated rings. The van der Waals surface area contributed by atoms with Crippen molar-refractivity contribution in [3.63, 3.8) is 0 Å². The SMILES string of the molecule is N[C@@H](CC(=O)N1CC[C@@H](NC(=O)C2CC2)C1)Cc1ccccc1F. The van der Waals surface area contributed by atoms with Gasteiger partial charge in [-0.15, -0.1) is 0 Å². The second-order valence-corrected chi connectivity index (χ2v) is 6.87. The zero-order valence-electron chi connectivity index (χ0n) is 13.7. The molecule has 1 aliphatic carbocycles. The monoisotopic (exact) mass is 333 g/mol. The van der Waals surface area contributed by atoms with Gasteiger partial charge in [-0.25, -0.2) is 4.39 Å². The van der Waals surface area contributed by atoms with E-state index in [1.165, 1.54) is 6.07 Å². The summed E-state index contributed by atoms with van der Waals surface area (Å²) in [4.78, 5) is 25.9. The third kappa shape index (κ3) is 4.32. The van der Waals surface area contributed by atoms with Crippen molar-refractivity contribution in [2.75, 3.05) is 13.1 Å². The first-order valence-corrected chi connectivity index (χ1v) is 8.60. The highest BCUT2D eigenvalue weighted by Gasteiger charge is 2.33. The first kappa shape index (κ1) is 16.9. The Morgan fingerprint density at radius 2 is 2.04 bits per heavy atom. The van der Waals surface area contributed by atoms with Gasteiger partial charge in [-0.05, 0) is 37.3 Å². The Hall–Kier alpha value is -1.95. The number of benzene rings is 1. The van der Waals surface area contributed by atoms with E-state index in [9.17, 15) is 14.0 Å². The molecular formula is C18H24FN3O2. The van der Waals surface area contributed by atoms with E-state index in [0.29, 0.717) is 25.1 Å². The van der Waals surface area contributed by atoms with Gasteiger partial charge in [0, 0.05) is 37.5 Å². The Bertz CT molecular complexity index is 618. The molecule has 2 atom stereocenters. The second-order valence-electron chi connectivity index (χ2n) is 6.87. The Kier molecular flexibility index (Phi) is 5.14. The van der Waals surface area contributed by atoms with Gasteiger partial charge in [-0.2, -0.15) is 0 Å². The third-order valence-corrected chi connectivity index (χ3v) is 4.71. The Balaban J connectivity index is 1.44. The van der Waals surface area contributed by atoms with Crippen LogP contribution in [0.2, 0.25) is 0 Å². The average Bonchev–Trinajstić information content (AvgIpc) is 3.29. The van der Waals surface area contributed by atoms with Crippen molar-refractivity contribution in [1.82, 2.24) is 10.2 Å². The Morgan fingerprint density at radius 3 is 2.75 bits per heavy atom. The molecule has 2 amide bonds. The van der Waals surface area contributed by atoms with Crippen LogP contribution < -0.4 is 11.1 Å². The fourth-order valence-electron chi connectivity index (χ4n) is 3.14. The van der Waals surface area contributed by atoms with Crippen molar-refractivity contribution < 1.29 is 14.0 Å². The summed E-state index contributed by atoms with van der Waals surface area (Å²) in [7, 11) is 0. The van der Waals surface area contributed by atoms with Crippen LogP contribution in [0.1, 0.15) is 31.2 Å². The van der Waals surface area contributed by atoms with Crippen LogP contribution in [0.25, 0.3) is 0 Å². The van der Waals surface area contributed by atoms with E-state index in [4.69, 9.17) is 5.73 Å². The van der Waals surface area contributed by atoms with Gasteiger partial charge < -0.3 is 16.0 Å². The van der Waals surface area contributed by atoms with Gasteiger partial charge in [0.2, 0.25) is 11.8 Å². The Morgan fingerprint density at radius 1 is 1.29 bits per heavy atom. The van der Waals surface area contributed by atoms with E-state index >= 15 is 0 Å². The summed E-state index contributed by atoms with van der Waals surface area (Å²) in [5.41, 5.74) is 6.56. The van der Waals surface area contributed by atoms with Gasteiger partial charge in [0.05, 0.1) is 0 Å². The molecule has 1 saturated carbocycles. The minimum Gasteiger partial charge on any atom is -0.351 e. The third-order valence-electron chi connectivity index (χ3n) is 4.71. The first-order chi connectivity index (χ1) is 11.5. The number of carbonyl (C=O) groups is 2. The maximum atomic E-state index is 13.6. The van der Waals surface area contributed by atoms with Crippen LogP contribution in [0.5, 0.6) is 0 Å². The number of nitrogens with one attached hydrogen (secondary N) is 1. The molecule has 0 unspecified atom stereocenters. The average molecular weight is 333 g/mol. The molecule has 5 nitrogen and oxygen atoms in total. The van der Waals surface area contributed by atoms with E-state index in [0.717, 1.165) is 19.3 Å². The summed E-state index contributed by atoms with van der Waals surface area (Å²) >= 11 is 0. The molecule has 1 aliphatic heterocycles. The van der Waals surface area contributed by atoms with Gasteiger partial charge in [0.15, 0.2) is 0 Å². The molecular weight excluding hydrogens is 309 g/mol. The number of rotatable bonds is 6. The van der Waals surface area contributed by atoms with Crippen molar-refractivity contribution >= 4 is 11.8 Å². The summed E-state index contributed by atoms with van der Waals surface area (Å²) in [6.07, 6.45) is 3.27. The minimum absolute atomic E-state index is 0.0259. The normalized spacial score (nSPS) is 21.6. The lowest BCUT2D eigenvalue weighted by atomic mass is 10.0. The number of nitrogens with two attached hydrogens (primary N) is 1. The van der Waals surface area contributed by atoms with Crippen LogP contribution >= 0.6 is 0 Å². The maximum Gasteiger partial charge on any atom is 0.224 e. The standard InChI is InChI=1S/C18H24FN3O2/c19-16-4-2-1-3-13(16)9-14(20)10-17(23)22-8-7-15(11-22)21-18(24)12-5-6-12/h1-4,12,14-15H,5-11,20H2,(H,21,24)/t14-,15-/m1/s1. The van der Waals surface area contributed by atoms with Gasteiger partial charge in [-0.1, -0.05) is 18.2 Å². The molecule has 1 aromatic rings. The summed E-state index contributed by atoms with van der Waals surface area (Å²) in [5, 5.41) is 3.01. The molecule has 0 bridgehead atoms. The lowest BCUT2D eigenvalue weighted by molar-refractivity contribution is -0.131. The summed E-state index contributed by atoms with van der Waals surface area (Å²) in [5.74, 6) is -0.0130. The number of halogens is 1. The van der Waals surface area contributed by atoms with E-state index in [-0.39, 0.29) is 36.0 Å². The lowest BCUT2D eigenvalue weighted by Crippen LogP contribution is -2.40. The van der Waals surface area contributed by atoms with E-state index in [1.807, 2.05) is 0 Å². The van der Waals surface area contributed by atoms with Crippen LogP contribution in [0.4, 0.5) is 4.39 Å². The molecule has 1 heterocycles. The van der Waals surface area contributed by atoms with Gasteiger partial charge in [0.1, 0.15) is 5.82 Å². The Labute approximate surface area is 141 Å². The zero-order valence-corrected chi connectivity index (χ0v) is 13.7. The summed E-state index contributed by atoms with van der Waals surface area (Å²) in [6, 6.07) is 6.13. The van der Waals surface area contributed by atoms with Crippen LogP contribution in [-0.2, 0) is 16.0 Å². The second kappa shape index (κ2) is 7.30. The summed E-state index contributed by atoms with van der Waals surface area (Å²) < 4.78 is 13.6. The molecule has 2 aliphatic rings. The first-order valence-electron chi connectivity index (χ1n) is 8.60. The molecule has 0 aromatic heterocycles. The molecule has 3 rings (SSSR count). The van der Waals surface area contributed by atoms with E-state index in [2.05, 4.69) is 5.32 Å². The fourth-order valence-corrected chi connectivity index (χ4v) is 3.14. The molecule has 1 aromatic carbocycles. The number of hydrogen-bond donors (Lipinski definition) is 2. The van der Waals surface area contributed by atoms with Crippen molar-refractivity contribution in [3.05, 3.63) is 35.6 Å². The number of nitrogens with zero attached hydrogens (tertiary/aromatic N) is 1. The van der Waals surface area contributed by atoms with Crippen molar-refractivity contribution in [2.45, 2.75) is 44.2 Å². The predicted molar refractivity (Wildman–Crippen MR) is 88.5 cm³/mol. The highest BCUT2D eigenvalue weighted by molar-refractivity contribution is 5.81. The van der Waals surface area contributed by atoms with Crippen LogP contribution in [-0.4, -0.2) is 41.9 Å². The summed E-state index contributed by atoms with van der Waals surface area (Å²) in [6.45, 7) is 1.19. The topological polar surface area (TPSA) is 75.4 Å². The van der Waals surface area contributed by atoms with Crippen molar-refractivity contribution in [3.8, 4) is 0 Å². The molecule has 24 heavy (non-hydrogen) atoms. The number of carbonyl (C=O) groups excluding carboxylic acids is 2. The van der Waals surface area contributed by atoms with Gasteiger partial charge in [0.25, 0.3) is 0 Å². The quantitative estimate of drug-likeness (QED) is 0.822. The minimum atomic E-state index is -0.408. The molecule has 1 saturated heterocycles. The van der Waals surface area contributed by atoms with Crippen LogP contribution in [0, 0.1) is 11.7 Å². The lowest BCUT2D eigenvalue weighted by Gasteiger charge is -2.19. The van der Waals surface area contributed by atoms with Gasteiger partial charge in [-0.3, -0.25) is 9.59 Å². The van der Waals surface area contributed by atoms with Crippen LogP contribution in [0.3, 0.4) is 0 Å². The van der Waals surface area contributed by atoms with Gasteiger partial charge >= 0.3 is 0 Å². The van der Waals surface area contributed by atoms with E-state index in [1.54, 1.807) is 23.1 Å². The number of likely N-dealkylation sites (tertiary alicyclic amines) is 1. The van der Waals surface area contributed by atoms with Crippen molar-refractivity contribution in [1.29, 1.82) is 0 Å². The maximum absolute atomic E-state index is 13.6. The van der Waals surface area contributed by atoms with E-state index < -0.39 is 6.04 Å². The van der Waals surface area contributed by atoms with Crippen molar-refractivity contribution in [2.24, 2.45) is 11.7 Å². The predicted octanol–water partition coefficient (Wildman–Crippen LogP) is 1.21. The molecule has 6 heteroatoms. The molecule has 0 spiro atoms. The fraction of sp³-hybridized carbons (Fsp3) is 0.556. The molecule has 3 N–H and O–H groups in total. The highest BCUT2D eigenvalue weighted by Crippen LogP contribution is 2.29. The highest BCUT2D eigenvalue weighted by atomic mass is 19.1. The van der Waals surface area contributed by atoms with Crippen LogP contribution in [0.15, 0.2) is 24.3 Å². The zero-order chi connectivity index (χ0) is 17.1. The molecule has 0 radical (unpaired) electrons. The smallest absolute Gasteiger partial charge is 0.224 e. The number of hydrogen-bond acceptors (Lipinski definition) is 3. The number of amides is 2.